The quantitative estimate of drug-likeness (QED) is 0.767. The topological polar surface area (TPSA) is 12.9 Å². The minimum absolute atomic E-state index is 0.945. The third-order valence-electron chi connectivity index (χ3n) is 2.68. The van der Waals surface area contributed by atoms with Crippen molar-refractivity contribution in [3.8, 4) is 0 Å². The van der Waals surface area contributed by atoms with E-state index >= 15 is 0 Å². The van der Waals surface area contributed by atoms with Gasteiger partial charge in [-0.3, -0.25) is 4.98 Å². The van der Waals surface area contributed by atoms with Crippen LogP contribution in [0.2, 0.25) is 0 Å². The number of thioether (sulfide) groups is 1. The molecule has 1 aliphatic carbocycles. The zero-order valence-corrected chi connectivity index (χ0v) is 10.5. The second kappa shape index (κ2) is 5.17. The molecular formula is C11H14BrNS. The Morgan fingerprint density at radius 3 is 2.93 bits per heavy atom. The summed E-state index contributed by atoms with van der Waals surface area (Å²) in [7, 11) is 0. The number of halogens is 1. The van der Waals surface area contributed by atoms with Crippen LogP contribution in [0, 0.1) is 5.92 Å². The molecule has 0 spiro atoms. The fourth-order valence-corrected chi connectivity index (χ4v) is 3.55. The third-order valence-corrected chi connectivity index (χ3v) is 4.88. The van der Waals surface area contributed by atoms with Gasteiger partial charge >= 0.3 is 0 Å². The zero-order valence-electron chi connectivity index (χ0n) is 8.08. The lowest BCUT2D eigenvalue weighted by molar-refractivity contribution is 0.623. The van der Waals surface area contributed by atoms with Crippen LogP contribution in [0.5, 0.6) is 0 Å². The molecule has 1 aliphatic rings. The van der Waals surface area contributed by atoms with Crippen molar-refractivity contribution in [3.05, 3.63) is 22.9 Å². The fraction of sp³-hybridized carbons (Fsp3) is 0.545. The fourth-order valence-electron chi connectivity index (χ4n) is 1.86. The second-order valence-corrected chi connectivity index (χ2v) is 5.68. The van der Waals surface area contributed by atoms with Crippen molar-refractivity contribution >= 4 is 27.7 Å². The standard InChI is InChI=1S/C11H14BrNS/c12-10-7-13-6-5-11(10)14-8-9-3-1-2-4-9/h5-7,9H,1-4,8H2. The molecule has 0 radical (unpaired) electrons. The van der Waals surface area contributed by atoms with Gasteiger partial charge < -0.3 is 0 Å². The van der Waals surface area contributed by atoms with Gasteiger partial charge in [0, 0.05) is 27.5 Å². The van der Waals surface area contributed by atoms with E-state index in [1.165, 1.54) is 36.3 Å². The molecule has 1 nitrogen and oxygen atoms in total. The molecule has 1 aromatic rings. The van der Waals surface area contributed by atoms with Gasteiger partial charge in [-0.1, -0.05) is 12.8 Å². The van der Waals surface area contributed by atoms with E-state index in [9.17, 15) is 0 Å². The molecule has 2 rings (SSSR count). The summed E-state index contributed by atoms with van der Waals surface area (Å²) in [4.78, 5) is 5.39. The van der Waals surface area contributed by atoms with Gasteiger partial charge in [-0.05, 0) is 40.8 Å². The van der Waals surface area contributed by atoms with E-state index in [0.717, 1.165) is 10.4 Å². The second-order valence-electron chi connectivity index (χ2n) is 3.77. The lowest BCUT2D eigenvalue weighted by atomic mass is 10.1. The number of aromatic nitrogens is 1. The Balaban J connectivity index is 1.88. The Morgan fingerprint density at radius 1 is 1.43 bits per heavy atom. The highest BCUT2D eigenvalue weighted by Crippen LogP contribution is 2.33. The molecule has 0 unspecified atom stereocenters. The molecule has 0 N–H and O–H groups in total. The average Bonchev–Trinajstić information content (AvgIpc) is 2.69. The first kappa shape index (κ1) is 10.5. The van der Waals surface area contributed by atoms with E-state index in [0.29, 0.717) is 0 Å². The highest BCUT2D eigenvalue weighted by molar-refractivity contribution is 9.10. The minimum atomic E-state index is 0.945. The maximum Gasteiger partial charge on any atom is 0.0494 e. The summed E-state index contributed by atoms with van der Waals surface area (Å²) < 4.78 is 1.13. The first-order valence-corrected chi connectivity index (χ1v) is 6.86. The SMILES string of the molecule is Brc1cnccc1SCC1CCCC1. The van der Waals surface area contributed by atoms with E-state index < -0.39 is 0 Å². The summed E-state index contributed by atoms with van der Waals surface area (Å²) in [5, 5.41) is 0. The third kappa shape index (κ3) is 2.74. The van der Waals surface area contributed by atoms with Crippen LogP contribution < -0.4 is 0 Å². The van der Waals surface area contributed by atoms with E-state index in [2.05, 4.69) is 27.0 Å². The monoisotopic (exact) mass is 271 g/mol. The van der Waals surface area contributed by atoms with Gasteiger partial charge in [-0.25, -0.2) is 0 Å². The molecule has 0 aromatic carbocycles. The van der Waals surface area contributed by atoms with Crippen LogP contribution in [0.3, 0.4) is 0 Å². The molecule has 14 heavy (non-hydrogen) atoms. The molecule has 0 amide bonds. The predicted molar refractivity (Wildman–Crippen MR) is 64.6 cm³/mol. The summed E-state index contributed by atoms with van der Waals surface area (Å²) in [5.74, 6) is 2.21. The van der Waals surface area contributed by atoms with Crippen molar-refractivity contribution in [2.24, 2.45) is 5.92 Å². The predicted octanol–water partition coefficient (Wildman–Crippen LogP) is 4.13. The van der Waals surface area contributed by atoms with Crippen LogP contribution in [0.15, 0.2) is 27.8 Å². The van der Waals surface area contributed by atoms with Gasteiger partial charge in [0.2, 0.25) is 0 Å². The van der Waals surface area contributed by atoms with Crippen LogP contribution in [0.25, 0.3) is 0 Å². The average molecular weight is 272 g/mol. The van der Waals surface area contributed by atoms with Gasteiger partial charge in [-0.2, -0.15) is 0 Å². The smallest absolute Gasteiger partial charge is 0.0494 e. The lowest BCUT2D eigenvalue weighted by Crippen LogP contribution is -1.96. The maximum absolute atomic E-state index is 4.06. The van der Waals surface area contributed by atoms with Crippen LogP contribution in [-0.4, -0.2) is 10.7 Å². The number of hydrogen-bond acceptors (Lipinski definition) is 2. The van der Waals surface area contributed by atoms with Crippen LogP contribution in [-0.2, 0) is 0 Å². The molecule has 0 atom stereocenters. The van der Waals surface area contributed by atoms with Crippen LogP contribution in [0.1, 0.15) is 25.7 Å². The van der Waals surface area contributed by atoms with E-state index in [1.807, 2.05) is 24.2 Å². The lowest BCUT2D eigenvalue weighted by Gasteiger charge is -2.08. The molecule has 76 valence electrons. The number of pyridine rings is 1. The van der Waals surface area contributed by atoms with E-state index in [-0.39, 0.29) is 0 Å². The number of nitrogens with zero attached hydrogens (tertiary/aromatic N) is 1. The van der Waals surface area contributed by atoms with Gasteiger partial charge in [0.1, 0.15) is 0 Å². The summed E-state index contributed by atoms with van der Waals surface area (Å²) >= 11 is 5.48. The van der Waals surface area contributed by atoms with Crippen molar-refractivity contribution in [1.82, 2.24) is 4.98 Å². The molecule has 0 saturated heterocycles. The van der Waals surface area contributed by atoms with Crippen LogP contribution >= 0.6 is 27.7 Å². The summed E-state index contributed by atoms with van der Waals surface area (Å²) in [6.45, 7) is 0. The maximum atomic E-state index is 4.06. The van der Waals surface area contributed by atoms with Crippen molar-refractivity contribution in [3.63, 3.8) is 0 Å². The van der Waals surface area contributed by atoms with Crippen molar-refractivity contribution in [1.29, 1.82) is 0 Å². The molecule has 0 aliphatic heterocycles. The van der Waals surface area contributed by atoms with E-state index in [1.54, 1.807) is 0 Å². The van der Waals surface area contributed by atoms with Gasteiger partial charge in [0.25, 0.3) is 0 Å². The number of rotatable bonds is 3. The molecule has 1 fully saturated rings. The zero-order chi connectivity index (χ0) is 9.80. The summed E-state index contributed by atoms with van der Waals surface area (Å²) in [6, 6.07) is 2.09. The van der Waals surface area contributed by atoms with Crippen LogP contribution in [0.4, 0.5) is 0 Å². The molecule has 0 bridgehead atoms. The molecular weight excluding hydrogens is 258 g/mol. The highest BCUT2D eigenvalue weighted by Gasteiger charge is 2.15. The summed E-state index contributed by atoms with van der Waals surface area (Å²) in [5.41, 5.74) is 0. The first-order chi connectivity index (χ1) is 6.86. The largest absolute Gasteiger partial charge is 0.263 e. The van der Waals surface area contributed by atoms with Crippen molar-refractivity contribution < 1.29 is 0 Å². The van der Waals surface area contributed by atoms with E-state index in [4.69, 9.17) is 0 Å². The molecule has 3 heteroatoms. The van der Waals surface area contributed by atoms with Gasteiger partial charge in [0.05, 0.1) is 0 Å². The number of hydrogen-bond donors (Lipinski definition) is 0. The normalized spacial score (nSPS) is 17.5. The Morgan fingerprint density at radius 2 is 2.21 bits per heavy atom. The van der Waals surface area contributed by atoms with Crippen molar-refractivity contribution in [2.75, 3.05) is 5.75 Å². The Kier molecular flexibility index (Phi) is 3.88. The molecule has 1 aromatic heterocycles. The highest BCUT2D eigenvalue weighted by atomic mass is 79.9. The Hall–Kier alpha value is -0.0200. The van der Waals surface area contributed by atoms with Gasteiger partial charge in [-0.15, -0.1) is 11.8 Å². The summed E-state index contributed by atoms with van der Waals surface area (Å²) in [6.07, 6.45) is 9.45. The molecule has 1 saturated carbocycles. The van der Waals surface area contributed by atoms with Gasteiger partial charge in [0.15, 0.2) is 0 Å². The van der Waals surface area contributed by atoms with Crippen molar-refractivity contribution in [2.45, 2.75) is 30.6 Å². The molecule has 1 heterocycles. The Labute approximate surface area is 97.8 Å². The Bertz CT molecular complexity index is 297. The minimum Gasteiger partial charge on any atom is -0.263 e. The first-order valence-electron chi connectivity index (χ1n) is 5.08.